The number of carbonyl (C=O) groups is 1. The van der Waals surface area contributed by atoms with E-state index >= 15 is 0 Å². The molecule has 3 N–H and O–H groups in total. The lowest BCUT2D eigenvalue weighted by molar-refractivity contribution is 0.0696. The molecule has 0 radical (unpaired) electrons. The maximum absolute atomic E-state index is 11.3. The summed E-state index contributed by atoms with van der Waals surface area (Å²) in [6.45, 7) is 5.58. The average Bonchev–Trinajstić information content (AvgIpc) is 2.70. The molecule has 0 bridgehead atoms. The van der Waals surface area contributed by atoms with E-state index in [1.807, 2.05) is 19.1 Å². The van der Waals surface area contributed by atoms with Crippen molar-refractivity contribution in [1.29, 1.82) is 0 Å². The normalized spacial score (nSPS) is 23.8. The van der Waals surface area contributed by atoms with Gasteiger partial charge in [-0.15, -0.1) is 0 Å². The molecule has 4 heteroatoms. The highest BCUT2D eigenvalue weighted by Crippen LogP contribution is 2.36. The Labute approximate surface area is 114 Å². The molecule has 0 saturated carbocycles. The van der Waals surface area contributed by atoms with Crippen LogP contribution >= 0.6 is 0 Å². The van der Waals surface area contributed by atoms with Gasteiger partial charge < -0.3 is 10.8 Å². The summed E-state index contributed by atoms with van der Waals surface area (Å²) < 4.78 is 0. The van der Waals surface area contributed by atoms with E-state index in [-0.39, 0.29) is 6.04 Å². The van der Waals surface area contributed by atoms with Crippen LogP contribution in [0.25, 0.3) is 0 Å². The highest BCUT2D eigenvalue weighted by atomic mass is 16.4. The Kier molecular flexibility index (Phi) is 3.92. The lowest BCUT2D eigenvalue weighted by Gasteiger charge is -2.22. The lowest BCUT2D eigenvalue weighted by atomic mass is 9.92. The van der Waals surface area contributed by atoms with Crippen LogP contribution in [0.4, 0.5) is 0 Å². The summed E-state index contributed by atoms with van der Waals surface area (Å²) in [5, 5.41) is 9.25. The smallest absolute Gasteiger partial charge is 0.335 e. The number of hydrogen-bond donors (Lipinski definition) is 2. The minimum absolute atomic E-state index is 0.284. The molecule has 0 spiro atoms. The largest absolute Gasteiger partial charge is 0.478 e. The van der Waals surface area contributed by atoms with Crippen molar-refractivity contribution in [3.63, 3.8) is 0 Å². The Morgan fingerprint density at radius 2 is 2.11 bits per heavy atom. The second-order valence-electron chi connectivity index (χ2n) is 5.62. The van der Waals surface area contributed by atoms with Crippen LogP contribution < -0.4 is 5.73 Å². The van der Waals surface area contributed by atoms with E-state index in [1.54, 1.807) is 0 Å². The van der Waals surface area contributed by atoms with Gasteiger partial charge in [0.15, 0.2) is 0 Å². The third kappa shape index (κ3) is 2.65. The van der Waals surface area contributed by atoms with Gasteiger partial charge in [0.05, 0.1) is 5.56 Å². The second kappa shape index (κ2) is 5.31. The van der Waals surface area contributed by atoms with E-state index in [9.17, 15) is 9.90 Å². The molecule has 1 aromatic rings. The van der Waals surface area contributed by atoms with Crippen molar-refractivity contribution in [3.8, 4) is 0 Å². The van der Waals surface area contributed by atoms with Gasteiger partial charge in [-0.2, -0.15) is 0 Å². The molecule has 104 valence electrons. The summed E-state index contributed by atoms with van der Waals surface area (Å²) >= 11 is 0. The van der Waals surface area contributed by atoms with E-state index in [0.717, 1.165) is 29.7 Å². The predicted octanol–water partition coefficient (Wildman–Crippen LogP) is 1.95. The van der Waals surface area contributed by atoms with Gasteiger partial charge in [0.1, 0.15) is 0 Å². The zero-order chi connectivity index (χ0) is 14.2. The number of rotatable bonds is 3. The van der Waals surface area contributed by atoms with Gasteiger partial charge in [-0.05, 0) is 62.5 Å². The SMILES string of the molecule is Cc1cc(C)c(C2CC(CN)CN2C)cc1C(=O)O. The third-order valence-corrected chi connectivity index (χ3v) is 4.17. The van der Waals surface area contributed by atoms with E-state index in [0.29, 0.717) is 18.0 Å². The zero-order valence-corrected chi connectivity index (χ0v) is 11.8. The molecule has 2 atom stereocenters. The second-order valence-corrected chi connectivity index (χ2v) is 5.62. The summed E-state index contributed by atoms with van der Waals surface area (Å²) in [5.41, 5.74) is 9.28. The van der Waals surface area contributed by atoms with Crippen LogP contribution in [-0.2, 0) is 0 Å². The number of nitrogens with two attached hydrogens (primary N) is 1. The molecule has 1 aromatic carbocycles. The first kappa shape index (κ1) is 14.0. The highest BCUT2D eigenvalue weighted by molar-refractivity contribution is 5.89. The Morgan fingerprint density at radius 1 is 1.42 bits per heavy atom. The molecule has 19 heavy (non-hydrogen) atoms. The minimum atomic E-state index is -0.852. The third-order valence-electron chi connectivity index (χ3n) is 4.17. The first-order valence-corrected chi connectivity index (χ1v) is 6.68. The van der Waals surface area contributed by atoms with E-state index in [1.165, 1.54) is 0 Å². The lowest BCUT2D eigenvalue weighted by Crippen LogP contribution is -2.21. The van der Waals surface area contributed by atoms with Gasteiger partial charge in [-0.3, -0.25) is 4.90 Å². The molecule has 1 aliphatic rings. The van der Waals surface area contributed by atoms with Crippen LogP contribution in [0, 0.1) is 19.8 Å². The number of hydrogen-bond acceptors (Lipinski definition) is 3. The monoisotopic (exact) mass is 262 g/mol. The maximum atomic E-state index is 11.3. The summed E-state index contributed by atoms with van der Waals surface area (Å²) in [5.74, 6) is -0.348. The quantitative estimate of drug-likeness (QED) is 0.873. The molecule has 1 heterocycles. The Hall–Kier alpha value is -1.39. The number of nitrogens with zero attached hydrogens (tertiary/aromatic N) is 1. The number of carboxylic acid groups (broad SMARTS) is 1. The van der Waals surface area contributed by atoms with E-state index < -0.39 is 5.97 Å². The molecule has 1 aliphatic heterocycles. The van der Waals surface area contributed by atoms with E-state index in [4.69, 9.17) is 5.73 Å². The van der Waals surface area contributed by atoms with Gasteiger partial charge in [0.2, 0.25) is 0 Å². The fourth-order valence-electron chi connectivity index (χ4n) is 3.10. The molecule has 2 unspecified atom stereocenters. The van der Waals surface area contributed by atoms with Gasteiger partial charge in [-0.1, -0.05) is 6.07 Å². The predicted molar refractivity (Wildman–Crippen MR) is 75.4 cm³/mol. The molecule has 4 nitrogen and oxygen atoms in total. The number of carboxylic acids is 1. The number of aryl methyl sites for hydroxylation is 2. The van der Waals surface area contributed by atoms with Crippen molar-refractivity contribution in [3.05, 3.63) is 34.4 Å². The highest BCUT2D eigenvalue weighted by Gasteiger charge is 2.31. The first-order chi connectivity index (χ1) is 8.93. The Balaban J connectivity index is 2.39. The molecule has 0 amide bonds. The van der Waals surface area contributed by atoms with Crippen molar-refractivity contribution in [2.45, 2.75) is 26.3 Å². The molecule has 1 saturated heterocycles. The summed E-state index contributed by atoms with van der Waals surface area (Å²) in [4.78, 5) is 13.5. The molecule has 0 aromatic heterocycles. The van der Waals surface area contributed by atoms with Gasteiger partial charge in [0.25, 0.3) is 0 Å². The molecule has 0 aliphatic carbocycles. The van der Waals surface area contributed by atoms with Crippen LogP contribution in [-0.4, -0.2) is 36.1 Å². The van der Waals surface area contributed by atoms with Gasteiger partial charge in [-0.25, -0.2) is 4.79 Å². The van der Waals surface area contributed by atoms with Crippen LogP contribution in [0.5, 0.6) is 0 Å². The Morgan fingerprint density at radius 3 is 2.63 bits per heavy atom. The number of likely N-dealkylation sites (tertiary alicyclic amines) is 1. The van der Waals surface area contributed by atoms with Crippen LogP contribution in [0.3, 0.4) is 0 Å². The van der Waals surface area contributed by atoms with Crippen LogP contribution in [0.2, 0.25) is 0 Å². The van der Waals surface area contributed by atoms with Crippen LogP contribution in [0.15, 0.2) is 12.1 Å². The topological polar surface area (TPSA) is 66.6 Å². The Bertz CT molecular complexity index is 499. The minimum Gasteiger partial charge on any atom is -0.478 e. The fourth-order valence-corrected chi connectivity index (χ4v) is 3.10. The molecule has 1 fully saturated rings. The van der Waals surface area contributed by atoms with Gasteiger partial charge >= 0.3 is 5.97 Å². The van der Waals surface area contributed by atoms with Gasteiger partial charge in [0, 0.05) is 12.6 Å². The van der Waals surface area contributed by atoms with E-state index in [2.05, 4.69) is 18.9 Å². The summed E-state index contributed by atoms with van der Waals surface area (Å²) in [7, 11) is 2.08. The van der Waals surface area contributed by atoms with Crippen molar-refractivity contribution in [2.75, 3.05) is 20.1 Å². The maximum Gasteiger partial charge on any atom is 0.335 e. The first-order valence-electron chi connectivity index (χ1n) is 6.68. The average molecular weight is 262 g/mol. The van der Waals surface area contributed by atoms with Crippen molar-refractivity contribution in [2.24, 2.45) is 11.7 Å². The van der Waals surface area contributed by atoms with Crippen molar-refractivity contribution < 1.29 is 9.90 Å². The zero-order valence-electron chi connectivity index (χ0n) is 11.8. The summed E-state index contributed by atoms with van der Waals surface area (Å²) in [6, 6.07) is 4.10. The molecular weight excluding hydrogens is 240 g/mol. The van der Waals surface area contributed by atoms with Crippen molar-refractivity contribution >= 4 is 5.97 Å². The standard InChI is InChI=1S/C15H22N2O2/c1-9-4-10(2)13(15(18)19)6-12(9)14-5-11(7-16)8-17(14)3/h4,6,11,14H,5,7-8,16H2,1-3H3,(H,18,19). The number of aromatic carboxylic acids is 1. The molecular formula is C15H22N2O2. The van der Waals surface area contributed by atoms with Crippen LogP contribution in [0.1, 0.15) is 39.5 Å². The number of benzene rings is 1. The molecule has 2 rings (SSSR count). The fraction of sp³-hybridized carbons (Fsp3) is 0.533. The summed E-state index contributed by atoms with van der Waals surface area (Å²) in [6.07, 6.45) is 1.01. The van der Waals surface area contributed by atoms with Crippen molar-refractivity contribution in [1.82, 2.24) is 4.90 Å².